The van der Waals surface area contributed by atoms with Gasteiger partial charge in [0.15, 0.2) is 6.04 Å². The fourth-order valence-corrected chi connectivity index (χ4v) is 2.30. The van der Waals surface area contributed by atoms with Crippen molar-refractivity contribution >= 4 is 12.1 Å². The first-order chi connectivity index (χ1) is 12.7. The lowest BCUT2D eigenvalue weighted by Crippen LogP contribution is -2.50. The number of nitrogens with one attached hydrogen (secondary N) is 1. The predicted octanol–water partition coefficient (Wildman–Crippen LogP) is 2.80. The number of benzene rings is 1. The van der Waals surface area contributed by atoms with Crippen molar-refractivity contribution in [1.82, 2.24) is 5.32 Å². The van der Waals surface area contributed by atoms with Crippen LogP contribution in [0.15, 0.2) is 30.3 Å². The van der Waals surface area contributed by atoms with E-state index in [4.69, 9.17) is 14.2 Å². The molecule has 0 bridgehead atoms. The maximum atomic E-state index is 12.1. The Morgan fingerprint density at radius 3 is 2.44 bits per heavy atom. The number of carbonyl (C=O) groups excluding carboxylic acids is 2. The molecule has 0 unspecified atom stereocenters. The first kappa shape index (κ1) is 22.9. The molecule has 0 spiro atoms. The number of amides is 1. The fourth-order valence-electron chi connectivity index (χ4n) is 2.30. The molecule has 2 N–H and O–H groups in total. The monoisotopic (exact) mass is 381 g/mol. The smallest absolute Gasteiger partial charge is 0.408 e. The van der Waals surface area contributed by atoms with Crippen LogP contribution in [0.25, 0.3) is 0 Å². The molecule has 0 saturated carbocycles. The average Bonchev–Trinajstić information content (AvgIpc) is 2.58. The first-order valence-electron chi connectivity index (χ1n) is 9.19. The molecule has 0 aliphatic carbocycles. The Labute approximate surface area is 161 Å². The molecule has 1 rings (SSSR count). The van der Waals surface area contributed by atoms with Crippen molar-refractivity contribution < 1.29 is 28.9 Å². The largest absolute Gasteiger partial charge is 0.464 e. The molecule has 0 aliphatic rings. The van der Waals surface area contributed by atoms with E-state index in [-0.39, 0.29) is 13.0 Å². The number of aliphatic hydroxyl groups excluding tert-OH is 1. The number of carbonyl (C=O) groups is 2. The molecule has 0 aliphatic heterocycles. The van der Waals surface area contributed by atoms with Gasteiger partial charge in [0.05, 0.1) is 19.3 Å². The molecule has 7 heteroatoms. The molecular weight excluding hydrogens is 350 g/mol. The highest BCUT2D eigenvalue weighted by atomic mass is 16.6. The molecule has 1 aromatic carbocycles. The second-order valence-electron chi connectivity index (χ2n) is 7.12. The molecule has 0 fully saturated rings. The van der Waals surface area contributed by atoms with Gasteiger partial charge >= 0.3 is 12.1 Å². The van der Waals surface area contributed by atoms with Crippen molar-refractivity contribution in [3.05, 3.63) is 35.9 Å². The van der Waals surface area contributed by atoms with Crippen molar-refractivity contribution in [3.8, 4) is 0 Å². The van der Waals surface area contributed by atoms with E-state index >= 15 is 0 Å². The van der Waals surface area contributed by atoms with E-state index in [9.17, 15) is 14.7 Å². The molecule has 7 nitrogen and oxygen atoms in total. The summed E-state index contributed by atoms with van der Waals surface area (Å²) in [5, 5.41) is 12.7. The molecule has 0 aromatic heterocycles. The zero-order valence-corrected chi connectivity index (χ0v) is 16.6. The third-order valence-corrected chi connectivity index (χ3v) is 3.50. The van der Waals surface area contributed by atoms with Gasteiger partial charge in [0.1, 0.15) is 5.60 Å². The lowest BCUT2D eigenvalue weighted by molar-refractivity contribution is -0.148. The van der Waals surface area contributed by atoms with Gasteiger partial charge in [-0.1, -0.05) is 30.3 Å². The van der Waals surface area contributed by atoms with Crippen molar-refractivity contribution in [2.45, 2.75) is 64.9 Å². The zero-order valence-electron chi connectivity index (χ0n) is 16.6. The van der Waals surface area contributed by atoms with E-state index in [1.807, 2.05) is 30.3 Å². The minimum absolute atomic E-state index is 0.151. The van der Waals surface area contributed by atoms with Crippen LogP contribution in [0.2, 0.25) is 0 Å². The Kier molecular flexibility index (Phi) is 9.82. The normalized spacial score (nSPS) is 13.5. The van der Waals surface area contributed by atoms with Crippen molar-refractivity contribution in [2.75, 3.05) is 13.2 Å². The number of alkyl carbamates (subject to hydrolysis) is 1. The minimum atomic E-state index is -1.19. The molecule has 1 amide bonds. The van der Waals surface area contributed by atoms with Gasteiger partial charge in [0.25, 0.3) is 0 Å². The Balaban J connectivity index is 2.46. The van der Waals surface area contributed by atoms with Crippen molar-refractivity contribution in [1.29, 1.82) is 0 Å². The quantitative estimate of drug-likeness (QED) is 0.478. The highest BCUT2D eigenvalue weighted by molar-refractivity contribution is 5.82. The summed E-state index contributed by atoms with van der Waals surface area (Å²) >= 11 is 0. The predicted molar refractivity (Wildman–Crippen MR) is 101 cm³/mol. The first-order valence-corrected chi connectivity index (χ1v) is 9.19. The topological polar surface area (TPSA) is 94.1 Å². The summed E-state index contributed by atoms with van der Waals surface area (Å²) in [5.41, 5.74) is 0.355. The zero-order chi connectivity index (χ0) is 20.3. The van der Waals surface area contributed by atoms with E-state index in [0.717, 1.165) is 5.56 Å². The van der Waals surface area contributed by atoms with Gasteiger partial charge in [-0.2, -0.15) is 0 Å². The van der Waals surface area contributed by atoms with Crippen LogP contribution in [0.1, 0.15) is 46.1 Å². The molecule has 27 heavy (non-hydrogen) atoms. The lowest BCUT2D eigenvalue weighted by Gasteiger charge is -2.25. The van der Waals surface area contributed by atoms with Crippen molar-refractivity contribution in [3.63, 3.8) is 0 Å². The number of hydrogen-bond acceptors (Lipinski definition) is 6. The standard InChI is InChI=1S/C20H31NO6/c1-5-26-18(23)17(21-19(24)27-20(2,3)4)16(22)12-9-13-25-14-15-10-7-6-8-11-15/h6-8,10-11,16-17,22H,5,9,12-14H2,1-4H3,(H,21,24)/t16-,17+/m1/s1. The highest BCUT2D eigenvalue weighted by Crippen LogP contribution is 2.10. The Morgan fingerprint density at radius 1 is 1.19 bits per heavy atom. The van der Waals surface area contributed by atoms with Gasteiger partial charge in [0.2, 0.25) is 0 Å². The summed E-state index contributed by atoms with van der Waals surface area (Å²) in [6.07, 6.45) is -1.08. The average molecular weight is 381 g/mol. The van der Waals surface area contributed by atoms with Crippen LogP contribution in [0.4, 0.5) is 4.79 Å². The summed E-state index contributed by atoms with van der Waals surface area (Å²) < 4.78 is 15.7. The molecule has 0 heterocycles. The molecule has 1 aromatic rings. The van der Waals surface area contributed by atoms with E-state index in [2.05, 4.69) is 5.32 Å². The molecule has 152 valence electrons. The van der Waals surface area contributed by atoms with Crippen LogP contribution in [-0.2, 0) is 25.6 Å². The van der Waals surface area contributed by atoms with Crippen LogP contribution >= 0.6 is 0 Å². The maximum Gasteiger partial charge on any atom is 0.408 e. The number of esters is 1. The molecule has 2 atom stereocenters. The van der Waals surface area contributed by atoms with E-state index in [1.54, 1.807) is 27.7 Å². The third kappa shape index (κ3) is 9.96. The lowest BCUT2D eigenvalue weighted by atomic mass is 10.1. The van der Waals surface area contributed by atoms with Gasteiger partial charge in [0, 0.05) is 6.61 Å². The number of hydrogen-bond donors (Lipinski definition) is 2. The molecular formula is C20H31NO6. The molecule has 0 saturated heterocycles. The second-order valence-corrected chi connectivity index (χ2v) is 7.12. The second kappa shape index (κ2) is 11.6. The summed E-state index contributed by atoms with van der Waals surface area (Å²) in [7, 11) is 0. The Bertz CT molecular complexity index is 570. The third-order valence-electron chi connectivity index (χ3n) is 3.50. The molecule has 0 radical (unpaired) electrons. The summed E-state index contributed by atoms with van der Waals surface area (Å²) in [4.78, 5) is 24.0. The Hall–Kier alpha value is -2.12. The minimum Gasteiger partial charge on any atom is -0.464 e. The van der Waals surface area contributed by atoms with Crippen LogP contribution < -0.4 is 5.32 Å². The van der Waals surface area contributed by atoms with Crippen molar-refractivity contribution in [2.24, 2.45) is 0 Å². The number of ether oxygens (including phenoxy) is 3. The van der Waals surface area contributed by atoms with Gasteiger partial charge in [-0.25, -0.2) is 9.59 Å². The van der Waals surface area contributed by atoms with Gasteiger partial charge in [-0.05, 0) is 46.1 Å². The van der Waals surface area contributed by atoms with E-state index in [0.29, 0.717) is 19.6 Å². The SMILES string of the molecule is CCOC(=O)[C@@H](NC(=O)OC(C)(C)C)[C@H](O)CCCOCc1ccccc1. The fraction of sp³-hybridized carbons (Fsp3) is 0.600. The van der Waals surface area contributed by atoms with E-state index in [1.165, 1.54) is 0 Å². The van der Waals surface area contributed by atoms with Gasteiger partial charge in [-0.3, -0.25) is 0 Å². The van der Waals surface area contributed by atoms with Gasteiger partial charge in [-0.15, -0.1) is 0 Å². The van der Waals surface area contributed by atoms with Gasteiger partial charge < -0.3 is 24.6 Å². The summed E-state index contributed by atoms with van der Waals surface area (Å²) in [6, 6.07) is 8.57. The summed E-state index contributed by atoms with van der Waals surface area (Å²) in [5.74, 6) is -0.693. The van der Waals surface area contributed by atoms with Crippen LogP contribution in [0.5, 0.6) is 0 Å². The van der Waals surface area contributed by atoms with Crippen LogP contribution in [0, 0.1) is 0 Å². The maximum absolute atomic E-state index is 12.1. The highest BCUT2D eigenvalue weighted by Gasteiger charge is 2.31. The van der Waals surface area contributed by atoms with Crippen LogP contribution in [0.3, 0.4) is 0 Å². The number of aliphatic hydroxyl groups is 1. The van der Waals surface area contributed by atoms with E-state index < -0.39 is 29.8 Å². The summed E-state index contributed by atoms with van der Waals surface area (Å²) in [6.45, 7) is 7.86. The number of rotatable bonds is 10. The Morgan fingerprint density at radius 2 is 1.85 bits per heavy atom. The van der Waals surface area contributed by atoms with Crippen LogP contribution in [-0.4, -0.2) is 48.1 Å².